The van der Waals surface area contributed by atoms with E-state index in [0.717, 1.165) is 25.9 Å². The van der Waals surface area contributed by atoms with Crippen LogP contribution in [0.3, 0.4) is 0 Å². The Hall–Kier alpha value is 0.790. The maximum absolute atomic E-state index is 8.87. The summed E-state index contributed by atoms with van der Waals surface area (Å²) in [6.07, 6.45) is 1.83. The van der Waals surface area contributed by atoms with Gasteiger partial charge in [-0.25, -0.2) is 0 Å². The van der Waals surface area contributed by atoms with Crippen LogP contribution in [0, 0.1) is 0 Å². The zero-order valence-electron chi connectivity index (χ0n) is 5.58. The highest BCUT2D eigenvalue weighted by Gasteiger charge is 2.06. The Morgan fingerprint density at radius 1 is 1.00 bits per heavy atom. The van der Waals surface area contributed by atoms with Crippen molar-refractivity contribution in [3.8, 4) is 0 Å². The molecule has 0 aromatic heterocycles. The molecule has 1 rings (SSSR count). The molecule has 1 saturated heterocycles. The molecule has 66 valence electrons. The summed E-state index contributed by atoms with van der Waals surface area (Å²) >= 11 is 0. The van der Waals surface area contributed by atoms with Crippen LogP contribution >= 0.6 is 37.2 Å². The molecule has 0 atom stereocenters. The van der Waals surface area contributed by atoms with E-state index < -0.39 is 0 Å². The van der Waals surface area contributed by atoms with Crippen molar-refractivity contribution < 1.29 is 5.11 Å². The van der Waals surface area contributed by atoms with Gasteiger partial charge >= 0.3 is 0 Å². The van der Waals surface area contributed by atoms with Gasteiger partial charge in [-0.3, -0.25) is 0 Å². The highest BCUT2D eigenvalue weighted by Crippen LogP contribution is 1.99. The van der Waals surface area contributed by atoms with E-state index in [4.69, 9.17) is 5.11 Å². The Kier molecular flexibility index (Phi) is 16.7. The van der Waals surface area contributed by atoms with Crippen molar-refractivity contribution in [2.75, 3.05) is 13.1 Å². The smallest absolute Gasteiger partial charge is 0.0564 e. The van der Waals surface area contributed by atoms with E-state index in [0.29, 0.717) is 0 Å². The van der Waals surface area contributed by atoms with E-state index in [1.54, 1.807) is 0 Å². The molecule has 10 heavy (non-hydrogen) atoms. The van der Waals surface area contributed by atoms with Gasteiger partial charge in [-0.1, -0.05) is 0 Å². The lowest BCUT2D eigenvalue weighted by atomic mass is 10.1. The summed E-state index contributed by atoms with van der Waals surface area (Å²) in [5.41, 5.74) is 0. The third-order valence-electron chi connectivity index (χ3n) is 1.31. The first-order valence-corrected chi connectivity index (χ1v) is 2.78. The molecule has 1 aliphatic heterocycles. The van der Waals surface area contributed by atoms with Crippen molar-refractivity contribution in [1.29, 1.82) is 0 Å². The summed E-state index contributed by atoms with van der Waals surface area (Å²) in [7, 11) is 0. The average molecular weight is 211 g/mol. The van der Waals surface area contributed by atoms with Crippen LogP contribution in [0.15, 0.2) is 0 Å². The van der Waals surface area contributed by atoms with Gasteiger partial charge in [0.15, 0.2) is 0 Å². The predicted octanol–water partition coefficient (Wildman–Crippen LogP) is 0.996. The zero-order valence-corrected chi connectivity index (χ0v) is 8.03. The van der Waals surface area contributed by atoms with Gasteiger partial charge in [0.1, 0.15) is 0 Å². The number of aliphatic hydroxyl groups excluding tert-OH is 1. The fraction of sp³-hybridized carbons (Fsp3) is 1.00. The van der Waals surface area contributed by atoms with Gasteiger partial charge in [0.2, 0.25) is 0 Å². The average Bonchev–Trinajstić information content (AvgIpc) is 1.69. The molecule has 2 N–H and O–H groups in total. The fourth-order valence-electron chi connectivity index (χ4n) is 0.807. The minimum Gasteiger partial charge on any atom is -0.393 e. The van der Waals surface area contributed by atoms with E-state index in [9.17, 15) is 0 Å². The van der Waals surface area contributed by atoms with Gasteiger partial charge in [-0.05, 0) is 25.9 Å². The first-order valence-electron chi connectivity index (χ1n) is 2.78. The van der Waals surface area contributed by atoms with Crippen LogP contribution in [0.2, 0.25) is 0 Å². The SMILES string of the molecule is Cl.Cl.Cl.OC1CCNCC1. The molecule has 0 aromatic carbocycles. The van der Waals surface area contributed by atoms with Crippen LogP contribution < -0.4 is 5.32 Å². The molecule has 0 aliphatic carbocycles. The Bertz CT molecular complexity index is 58.9. The van der Waals surface area contributed by atoms with Gasteiger partial charge in [0.05, 0.1) is 6.10 Å². The molecular formula is C5H14Cl3NO. The molecule has 1 heterocycles. The summed E-state index contributed by atoms with van der Waals surface area (Å²) < 4.78 is 0. The topological polar surface area (TPSA) is 32.3 Å². The molecule has 0 radical (unpaired) electrons. The lowest BCUT2D eigenvalue weighted by molar-refractivity contribution is 0.137. The summed E-state index contributed by atoms with van der Waals surface area (Å²) in [6.45, 7) is 1.97. The second kappa shape index (κ2) is 9.79. The maximum Gasteiger partial charge on any atom is 0.0564 e. The highest BCUT2D eigenvalue weighted by molar-refractivity contribution is 5.86. The highest BCUT2D eigenvalue weighted by atomic mass is 35.5. The molecular weight excluding hydrogens is 196 g/mol. The Balaban J connectivity index is -0.000000163. The van der Waals surface area contributed by atoms with Gasteiger partial charge < -0.3 is 10.4 Å². The van der Waals surface area contributed by atoms with Crippen LogP contribution in [0.5, 0.6) is 0 Å². The van der Waals surface area contributed by atoms with E-state index >= 15 is 0 Å². The van der Waals surface area contributed by atoms with Crippen LogP contribution in [0.25, 0.3) is 0 Å². The lowest BCUT2D eigenvalue weighted by Crippen LogP contribution is -2.30. The molecule has 0 saturated carbocycles. The van der Waals surface area contributed by atoms with Crippen molar-refractivity contribution in [2.24, 2.45) is 0 Å². The molecule has 1 aliphatic rings. The minimum absolute atomic E-state index is 0. The Labute approximate surface area is 80.0 Å². The monoisotopic (exact) mass is 209 g/mol. The molecule has 0 unspecified atom stereocenters. The second-order valence-corrected chi connectivity index (χ2v) is 1.98. The van der Waals surface area contributed by atoms with Crippen molar-refractivity contribution >= 4 is 37.2 Å². The third kappa shape index (κ3) is 6.90. The van der Waals surface area contributed by atoms with E-state index in [-0.39, 0.29) is 43.3 Å². The largest absolute Gasteiger partial charge is 0.393 e. The second-order valence-electron chi connectivity index (χ2n) is 1.98. The number of nitrogens with one attached hydrogen (secondary N) is 1. The fourth-order valence-corrected chi connectivity index (χ4v) is 0.807. The van der Waals surface area contributed by atoms with Crippen molar-refractivity contribution in [2.45, 2.75) is 18.9 Å². The Morgan fingerprint density at radius 3 is 1.60 bits per heavy atom. The van der Waals surface area contributed by atoms with Crippen molar-refractivity contribution in [3.63, 3.8) is 0 Å². The van der Waals surface area contributed by atoms with E-state index in [1.165, 1.54) is 0 Å². The molecule has 0 spiro atoms. The summed E-state index contributed by atoms with van der Waals surface area (Å²) in [5.74, 6) is 0. The maximum atomic E-state index is 8.87. The molecule has 0 bridgehead atoms. The molecule has 5 heteroatoms. The quantitative estimate of drug-likeness (QED) is 0.625. The number of rotatable bonds is 0. The normalized spacial score (nSPS) is 17.7. The first-order chi connectivity index (χ1) is 3.39. The molecule has 0 amide bonds. The van der Waals surface area contributed by atoms with Crippen LogP contribution in [0.4, 0.5) is 0 Å². The van der Waals surface area contributed by atoms with Crippen molar-refractivity contribution in [3.05, 3.63) is 0 Å². The summed E-state index contributed by atoms with van der Waals surface area (Å²) in [6, 6.07) is 0. The number of hydrogen-bond acceptors (Lipinski definition) is 2. The van der Waals surface area contributed by atoms with Gasteiger partial charge in [-0.2, -0.15) is 0 Å². The lowest BCUT2D eigenvalue weighted by Gasteiger charge is -2.16. The van der Waals surface area contributed by atoms with Crippen LogP contribution in [-0.4, -0.2) is 24.3 Å². The van der Waals surface area contributed by atoms with Crippen LogP contribution in [0.1, 0.15) is 12.8 Å². The van der Waals surface area contributed by atoms with Crippen LogP contribution in [-0.2, 0) is 0 Å². The van der Waals surface area contributed by atoms with Crippen molar-refractivity contribution in [1.82, 2.24) is 5.32 Å². The zero-order chi connectivity index (χ0) is 5.11. The third-order valence-corrected chi connectivity index (χ3v) is 1.31. The predicted molar refractivity (Wildman–Crippen MR) is 49.9 cm³/mol. The summed E-state index contributed by atoms with van der Waals surface area (Å²) in [4.78, 5) is 0. The number of halogens is 3. The Morgan fingerprint density at radius 2 is 1.40 bits per heavy atom. The molecule has 0 aromatic rings. The molecule has 1 fully saturated rings. The molecule has 2 nitrogen and oxygen atoms in total. The van der Waals surface area contributed by atoms with E-state index in [1.807, 2.05) is 0 Å². The standard InChI is InChI=1S/C5H11NO.3ClH/c7-5-1-3-6-4-2-5;;;/h5-7H,1-4H2;3*1H. The van der Waals surface area contributed by atoms with Gasteiger partial charge in [0.25, 0.3) is 0 Å². The first kappa shape index (κ1) is 17.0. The number of aliphatic hydroxyl groups is 1. The number of hydrogen-bond donors (Lipinski definition) is 2. The van der Waals surface area contributed by atoms with E-state index in [2.05, 4.69) is 5.32 Å². The summed E-state index contributed by atoms with van der Waals surface area (Å²) in [5, 5.41) is 12.0. The van der Waals surface area contributed by atoms with Gasteiger partial charge in [-0.15, -0.1) is 37.2 Å². The van der Waals surface area contributed by atoms with Gasteiger partial charge in [0, 0.05) is 0 Å². The minimum atomic E-state index is -0.0266. The number of piperidine rings is 1.